The van der Waals surface area contributed by atoms with E-state index < -0.39 is 17.7 Å². The molecule has 0 unspecified atom stereocenters. The lowest BCUT2D eigenvalue weighted by atomic mass is 9.83. The Bertz CT molecular complexity index is 1140. The second kappa shape index (κ2) is 14.3. The minimum atomic E-state index is -0.714. The van der Waals surface area contributed by atoms with Gasteiger partial charge in [0.1, 0.15) is 5.92 Å². The smallest absolute Gasteiger partial charge is 0.276 e. The van der Waals surface area contributed by atoms with E-state index >= 15 is 0 Å². The van der Waals surface area contributed by atoms with E-state index in [1.54, 1.807) is 0 Å². The third-order valence-corrected chi connectivity index (χ3v) is 8.40. The molecule has 0 spiro atoms. The van der Waals surface area contributed by atoms with Gasteiger partial charge in [0.2, 0.25) is 17.7 Å². The van der Waals surface area contributed by atoms with Crippen molar-refractivity contribution in [2.24, 2.45) is 11.8 Å². The van der Waals surface area contributed by atoms with E-state index in [0.717, 1.165) is 32.5 Å². The number of aromatic nitrogens is 2. The number of imide groups is 1. The number of amides is 3. The van der Waals surface area contributed by atoms with E-state index in [1.807, 2.05) is 52.0 Å². The molecule has 2 fully saturated rings. The fourth-order valence-corrected chi connectivity index (χ4v) is 6.16. The molecule has 9 nitrogen and oxygen atoms in total. The normalized spacial score (nSPS) is 20.6. The van der Waals surface area contributed by atoms with Crippen LogP contribution in [-0.2, 0) is 16.1 Å². The summed E-state index contributed by atoms with van der Waals surface area (Å²) >= 11 is 1.43. The summed E-state index contributed by atoms with van der Waals surface area (Å²) in [5.74, 6) is -1.78. The summed E-state index contributed by atoms with van der Waals surface area (Å²) < 4.78 is 5.78. The molecule has 1 aliphatic carbocycles. The summed E-state index contributed by atoms with van der Waals surface area (Å²) in [7, 11) is 0. The largest absolute Gasteiger partial charge is 0.415 e. The Morgan fingerprint density at radius 2 is 1.70 bits per heavy atom. The quantitative estimate of drug-likeness (QED) is 0.366. The summed E-state index contributed by atoms with van der Waals surface area (Å²) in [5.41, 5.74) is 1.77. The third-order valence-electron chi connectivity index (χ3n) is 7.57. The predicted molar refractivity (Wildman–Crippen MR) is 155 cm³/mol. The van der Waals surface area contributed by atoms with E-state index in [4.69, 9.17) is 4.42 Å². The number of thioether (sulfide) groups is 1. The average molecular weight is 570 g/mol. The van der Waals surface area contributed by atoms with Crippen molar-refractivity contribution >= 4 is 29.5 Å². The molecular weight excluding hydrogens is 526 g/mol. The summed E-state index contributed by atoms with van der Waals surface area (Å²) in [4.78, 5) is 42.2. The van der Waals surface area contributed by atoms with Gasteiger partial charge in [0.05, 0.1) is 5.92 Å². The lowest BCUT2D eigenvalue weighted by molar-refractivity contribution is -0.135. The number of likely N-dealkylation sites (tertiary alicyclic amines) is 1. The van der Waals surface area contributed by atoms with Gasteiger partial charge >= 0.3 is 0 Å². The number of rotatable bonds is 11. The zero-order valence-corrected chi connectivity index (χ0v) is 25.0. The molecule has 2 N–H and O–H groups in total. The summed E-state index contributed by atoms with van der Waals surface area (Å²) in [6, 6.07) is 7.39. The molecule has 0 bridgehead atoms. The van der Waals surface area contributed by atoms with Crippen molar-refractivity contribution in [1.82, 2.24) is 25.7 Å². The van der Waals surface area contributed by atoms with Gasteiger partial charge in [-0.3, -0.25) is 24.6 Å². The summed E-state index contributed by atoms with van der Waals surface area (Å²) in [5, 5.41) is 14.6. The zero-order valence-electron chi connectivity index (χ0n) is 24.2. The number of carbonyl (C=O) groups is 3. The second-order valence-electron chi connectivity index (χ2n) is 11.8. The van der Waals surface area contributed by atoms with Crippen LogP contribution in [0.3, 0.4) is 0 Å². The Morgan fingerprint density at radius 1 is 1.00 bits per heavy atom. The van der Waals surface area contributed by atoms with E-state index in [-0.39, 0.29) is 34.9 Å². The van der Waals surface area contributed by atoms with Gasteiger partial charge in [0.25, 0.3) is 11.1 Å². The molecule has 1 aromatic carbocycles. The Labute approximate surface area is 241 Å². The Balaban J connectivity index is 1.38. The first kappa shape index (κ1) is 30.2. The van der Waals surface area contributed by atoms with Crippen LogP contribution in [0.15, 0.2) is 33.9 Å². The molecule has 3 atom stereocenters. The van der Waals surface area contributed by atoms with Crippen molar-refractivity contribution in [1.29, 1.82) is 0 Å². The first-order valence-electron chi connectivity index (χ1n) is 14.7. The van der Waals surface area contributed by atoms with Gasteiger partial charge in [0, 0.05) is 23.4 Å². The second-order valence-corrected chi connectivity index (χ2v) is 13.3. The highest BCUT2D eigenvalue weighted by atomic mass is 32.2. The van der Waals surface area contributed by atoms with Crippen molar-refractivity contribution in [2.45, 2.75) is 102 Å². The standard InChI is InChI=1S/C30H43N5O4S/c1-19(2)17-24(29-33-34-30(39-29)40-20(3)4)28(38)32-27(37)23-9-5-6-10-25(23)31-26(36)22-13-11-21(12-14-22)18-35-15-7-8-16-35/h11-14,19-20,23-25H,5-10,15-18H2,1-4H3,(H,31,36)(H,32,37,38)/t23-,24-,25+/m1/s1. The SMILES string of the molecule is CC(C)C[C@H](C(=O)NC(=O)[C@@H]1CCCC[C@@H]1NC(=O)c1ccc(CN2CCCC2)cc1)c1nnc(SC(C)C)o1. The average Bonchev–Trinajstić information content (AvgIpc) is 3.59. The number of carbonyl (C=O) groups excluding carboxylic acids is 3. The van der Waals surface area contributed by atoms with Crippen LogP contribution in [0.25, 0.3) is 0 Å². The van der Waals surface area contributed by atoms with Gasteiger partial charge in [-0.15, -0.1) is 10.2 Å². The Morgan fingerprint density at radius 3 is 2.38 bits per heavy atom. The van der Waals surface area contributed by atoms with Crippen LogP contribution in [0.2, 0.25) is 0 Å². The number of nitrogens with one attached hydrogen (secondary N) is 2. The maximum atomic E-state index is 13.4. The van der Waals surface area contributed by atoms with E-state index in [1.165, 1.54) is 30.2 Å². The molecule has 1 aromatic heterocycles. The fraction of sp³-hybridized carbons (Fsp3) is 0.633. The molecule has 3 amide bonds. The minimum Gasteiger partial charge on any atom is -0.415 e. The number of benzene rings is 1. The van der Waals surface area contributed by atoms with E-state index in [2.05, 4.69) is 25.7 Å². The summed E-state index contributed by atoms with van der Waals surface area (Å²) in [6.07, 6.45) is 6.07. The minimum absolute atomic E-state index is 0.183. The van der Waals surface area contributed by atoms with Crippen LogP contribution in [0.1, 0.15) is 100 Å². The monoisotopic (exact) mass is 569 g/mol. The van der Waals surface area contributed by atoms with Crippen molar-refractivity contribution in [3.8, 4) is 0 Å². The zero-order chi connectivity index (χ0) is 28.6. The molecule has 0 radical (unpaired) electrons. The van der Waals surface area contributed by atoms with Crippen molar-refractivity contribution < 1.29 is 18.8 Å². The van der Waals surface area contributed by atoms with Crippen LogP contribution in [-0.4, -0.2) is 57.2 Å². The summed E-state index contributed by atoms with van der Waals surface area (Å²) in [6.45, 7) is 11.2. The lowest BCUT2D eigenvalue weighted by Gasteiger charge is -2.31. The van der Waals surface area contributed by atoms with Gasteiger partial charge in [0.15, 0.2) is 0 Å². The van der Waals surface area contributed by atoms with Crippen LogP contribution in [0.4, 0.5) is 0 Å². The Kier molecular flexibility index (Phi) is 10.8. The predicted octanol–water partition coefficient (Wildman–Crippen LogP) is 4.93. The van der Waals surface area contributed by atoms with Crippen molar-refractivity contribution in [3.63, 3.8) is 0 Å². The topological polar surface area (TPSA) is 117 Å². The Hall–Kier alpha value is -2.72. The molecule has 1 saturated carbocycles. The number of hydrogen-bond acceptors (Lipinski definition) is 8. The molecule has 1 aliphatic heterocycles. The van der Waals surface area contributed by atoms with Gasteiger partial charge in [-0.25, -0.2) is 0 Å². The van der Waals surface area contributed by atoms with Crippen molar-refractivity contribution in [2.75, 3.05) is 13.1 Å². The van der Waals surface area contributed by atoms with E-state index in [9.17, 15) is 14.4 Å². The number of hydrogen-bond donors (Lipinski definition) is 2. The molecule has 4 rings (SSSR count). The molecular formula is C30H43N5O4S. The molecule has 2 aromatic rings. The lowest BCUT2D eigenvalue weighted by Crippen LogP contribution is -2.50. The molecule has 2 aliphatic rings. The third kappa shape index (κ3) is 8.39. The van der Waals surface area contributed by atoms with Gasteiger partial charge in [-0.2, -0.15) is 0 Å². The first-order chi connectivity index (χ1) is 19.2. The highest BCUT2D eigenvalue weighted by Gasteiger charge is 2.36. The van der Waals surface area contributed by atoms with Crippen LogP contribution >= 0.6 is 11.8 Å². The first-order valence-corrected chi connectivity index (χ1v) is 15.5. The molecule has 10 heteroatoms. The maximum absolute atomic E-state index is 13.4. The molecule has 1 saturated heterocycles. The fourth-order valence-electron chi connectivity index (χ4n) is 5.53. The van der Waals surface area contributed by atoms with E-state index in [0.29, 0.717) is 30.0 Å². The van der Waals surface area contributed by atoms with Gasteiger partial charge < -0.3 is 9.73 Å². The molecule has 218 valence electrons. The number of nitrogens with zero attached hydrogens (tertiary/aromatic N) is 3. The molecule has 40 heavy (non-hydrogen) atoms. The highest BCUT2D eigenvalue weighted by molar-refractivity contribution is 7.99. The molecule has 2 heterocycles. The highest BCUT2D eigenvalue weighted by Crippen LogP contribution is 2.29. The van der Waals surface area contributed by atoms with Crippen LogP contribution in [0, 0.1) is 11.8 Å². The van der Waals surface area contributed by atoms with Gasteiger partial charge in [-0.1, -0.05) is 64.4 Å². The maximum Gasteiger partial charge on any atom is 0.276 e. The van der Waals surface area contributed by atoms with Crippen LogP contribution < -0.4 is 10.6 Å². The van der Waals surface area contributed by atoms with Gasteiger partial charge in [-0.05, 0) is 68.8 Å². The van der Waals surface area contributed by atoms with Crippen molar-refractivity contribution in [3.05, 3.63) is 41.3 Å². The van der Waals surface area contributed by atoms with Crippen LogP contribution in [0.5, 0.6) is 0 Å².